The molecule has 4 heteroatoms. The maximum absolute atomic E-state index is 10.8. The molecule has 1 atom stereocenters. The summed E-state index contributed by atoms with van der Waals surface area (Å²) < 4.78 is 5.27. The zero-order valence-corrected chi connectivity index (χ0v) is 9.83. The number of carbonyl (C=O) groups is 1. The Morgan fingerprint density at radius 1 is 1.69 bits per heavy atom. The van der Waals surface area contributed by atoms with Gasteiger partial charge in [0.1, 0.15) is 0 Å². The van der Waals surface area contributed by atoms with Crippen LogP contribution in [0.15, 0.2) is 18.2 Å². The first-order chi connectivity index (χ1) is 5.77. The van der Waals surface area contributed by atoms with Crippen molar-refractivity contribution in [2.75, 3.05) is 0 Å². The summed E-state index contributed by atoms with van der Waals surface area (Å²) in [7, 11) is 0. The normalized spacial score (nSPS) is 18.3. The summed E-state index contributed by atoms with van der Waals surface area (Å²) in [4.78, 5) is 10.8. The molecule has 1 unspecified atom stereocenters. The molecule has 1 heterocycles. The van der Waals surface area contributed by atoms with Crippen LogP contribution in [0.25, 0.3) is 0 Å². The minimum atomic E-state index is -0.490. The van der Waals surface area contributed by atoms with Crippen LogP contribution in [0.1, 0.15) is 5.56 Å². The van der Waals surface area contributed by atoms with Crippen molar-refractivity contribution >= 4 is 5.91 Å². The molecule has 0 fully saturated rings. The largest absolute Gasteiger partial charge is 0.506 e. The van der Waals surface area contributed by atoms with Gasteiger partial charge in [0.2, 0.25) is 0 Å². The third kappa shape index (κ3) is 2.09. The Kier molecular flexibility index (Phi) is 3.45. The van der Waals surface area contributed by atoms with Gasteiger partial charge in [-0.05, 0) is 6.42 Å². The van der Waals surface area contributed by atoms with E-state index in [1.807, 2.05) is 6.07 Å². The summed E-state index contributed by atoms with van der Waals surface area (Å²) in [5.41, 5.74) is 6.10. The van der Waals surface area contributed by atoms with Gasteiger partial charge in [-0.1, -0.05) is 0 Å². The summed E-state index contributed by atoms with van der Waals surface area (Å²) in [5.74, 6) is 0.337. The average Bonchev–Trinajstić information content (AvgIpc) is 2.46. The number of amides is 1. The maximum Gasteiger partial charge on any atom is 0.257 e. The number of hydrogen-bond acceptors (Lipinski definition) is 2. The van der Waals surface area contributed by atoms with Gasteiger partial charge < -0.3 is 10.5 Å². The van der Waals surface area contributed by atoms with Crippen molar-refractivity contribution in [2.45, 2.75) is 12.5 Å². The molecule has 0 aromatic heterocycles. The summed E-state index contributed by atoms with van der Waals surface area (Å²) in [6.07, 6.45) is 0.0814. The topological polar surface area (TPSA) is 52.3 Å². The first kappa shape index (κ1) is 10.7. The van der Waals surface area contributed by atoms with Gasteiger partial charge in [0.25, 0.3) is 5.91 Å². The zero-order chi connectivity index (χ0) is 8.55. The molecule has 2 rings (SSSR count). The predicted octanol–water partition coefficient (Wildman–Crippen LogP) is 0.273. The number of rotatable bonds is 1. The number of carbonyl (C=O) groups excluding carboxylic acids is 1. The van der Waals surface area contributed by atoms with Crippen LogP contribution in [-0.4, -0.2) is 12.0 Å². The van der Waals surface area contributed by atoms with Crippen molar-refractivity contribution in [1.29, 1.82) is 0 Å². The predicted molar refractivity (Wildman–Crippen MR) is 42.6 cm³/mol. The SMILES string of the molecule is NC(=O)C1Cc2c[c-]ccc2O1.[Y]. The third-order valence-corrected chi connectivity index (χ3v) is 1.90. The fourth-order valence-electron chi connectivity index (χ4n) is 1.28. The van der Waals surface area contributed by atoms with Crippen molar-refractivity contribution in [3.05, 3.63) is 29.8 Å². The molecule has 1 aliphatic rings. The Balaban J connectivity index is 0.000000845. The van der Waals surface area contributed by atoms with Crippen molar-refractivity contribution in [3.8, 4) is 5.75 Å². The standard InChI is InChI=1S/C9H8NO2.Y/c10-9(11)8-5-6-3-1-2-4-7(6)12-8;/h2-4,8H,5H2,(H2,10,11);/q-1;. The summed E-state index contributed by atoms with van der Waals surface area (Å²) in [6, 6.07) is 8.28. The molecule has 0 bridgehead atoms. The van der Waals surface area contributed by atoms with Gasteiger partial charge in [-0.25, -0.2) is 0 Å². The van der Waals surface area contributed by atoms with Crippen LogP contribution in [0.2, 0.25) is 0 Å². The molecule has 1 amide bonds. The summed E-state index contributed by atoms with van der Waals surface area (Å²) in [6.45, 7) is 0. The second-order valence-electron chi connectivity index (χ2n) is 2.75. The molecular formula is C9H8NO2Y-. The Hall–Kier alpha value is -0.406. The van der Waals surface area contributed by atoms with Gasteiger partial charge in [-0.2, -0.15) is 18.2 Å². The van der Waals surface area contributed by atoms with E-state index in [1.54, 1.807) is 12.1 Å². The van der Waals surface area contributed by atoms with Crippen LogP contribution in [0.3, 0.4) is 0 Å². The number of primary amides is 1. The summed E-state index contributed by atoms with van der Waals surface area (Å²) >= 11 is 0. The van der Waals surface area contributed by atoms with E-state index in [1.165, 1.54) is 0 Å². The van der Waals surface area contributed by atoms with Gasteiger partial charge in [0.05, 0.1) is 0 Å². The molecule has 2 N–H and O–H groups in total. The number of ether oxygens (including phenoxy) is 1. The summed E-state index contributed by atoms with van der Waals surface area (Å²) in [5, 5.41) is 0. The minimum absolute atomic E-state index is 0. The van der Waals surface area contributed by atoms with E-state index in [0.717, 1.165) is 11.3 Å². The van der Waals surface area contributed by atoms with Crippen LogP contribution < -0.4 is 10.5 Å². The quantitative estimate of drug-likeness (QED) is 0.728. The Morgan fingerprint density at radius 2 is 2.46 bits per heavy atom. The molecule has 13 heavy (non-hydrogen) atoms. The molecule has 1 aliphatic heterocycles. The van der Waals surface area contributed by atoms with E-state index in [-0.39, 0.29) is 32.7 Å². The van der Waals surface area contributed by atoms with Crippen LogP contribution in [-0.2, 0) is 43.9 Å². The molecule has 3 nitrogen and oxygen atoms in total. The van der Waals surface area contributed by atoms with Crippen molar-refractivity contribution in [2.24, 2.45) is 5.73 Å². The van der Waals surface area contributed by atoms with E-state index < -0.39 is 12.0 Å². The van der Waals surface area contributed by atoms with E-state index in [2.05, 4.69) is 6.07 Å². The molecule has 0 spiro atoms. The van der Waals surface area contributed by atoms with Gasteiger partial charge in [0, 0.05) is 38.5 Å². The molecule has 0 saturated heterocycles. The monoisotopic (exact) mass is 251 g/mol. The second kappa shape index (κ2) is 4.20. The molecule has 1 radical (unpaired) electrons. The fraction of sp³-hybridized carbons (Fsp3) is 0.222. The van der Waals surface area contributed by atoms with Crippen LogP contribution in [0.4, 0.5) is 0 Å². The van der Waals surface area contributed by atoms with E-state index in [9.17, 15) is 4.79 Å². The van der Waals surface area contributed by atoms with Crippen molar-refractivity contribution < 1.29 is 42.2 Å². The van der Waals surface area contributed by atoms with E-state index in [4.69, 9.17) is 10.5 Å². The second-order valence-corrected chi connectivity index (χ2v) is 2.75. The first-order valence-electron chi connectivity index (χ1n) is 3.72. The van der Waals surface area contributed by atoms with Crippen molar-refractivity contribution in [3.63, 3.8) is 0 Å². The third-order valence-electron chi connectivity index (χ3n) is 1.90. The number of benzene rings is 1. The average molecular weight is 251 g/mol. The molecule has 0 saturated carbocycles. The molecular weight excluding hydrogens is 243 g/mol. The number of fused-ring (bicyclic) bond motifs is 1. The number of hydrogen-bond donors (Lipinski definition) is 1. The Morgan fingerprint density at radius 3 is 3.08 bits per heavy atom. The number of nitrogens with two attached hydrogens (primary N) is 1. The maximum atomic E-state index is 10.8. The van der Waals surface area contributed by atoms with Gasteiger partial charge >= 0.3 is 0 Å². The van der Waals surface area contributed by atoms with E-state index in [0.29, 0.717) is 6.42 Å². The molecule has 0 aliphatic carbocycles. The smallest absolute Gasteiger partial charge is 0.257 e. The van der Waals surface area contributed by atoms with Gasteiger partial charge in [0.15, 0.2) is 6.10 Å². The first-order valence-corrected chi connectivity index (χ1v) is 3.72. The van der Waals surface area contributed by atoms with Gasteiger partial charge in [-0.15, -0.1) is 11.6 Å². The molecule has 1 aromatic rings. The zero-order valence-electron chi connectivity index (χ0n) is 6.99. The van der Waals surface area contributed by atoms with Gasteiger partial charge in [-0.3, -0.25) is 4.79 Å². The van der Waals surface area contributed by atoms with Crippen LogP contribution >= 0.6 is 0 Å². The van der Waals surface area contributed by atoms with Crippen molar-refractivity contribution in [1.82, 2.24) is 0 Å². The molecule has 1 aromatic carbocycles. The van der Waals surface area contributed by atoms with E-state index >= 15 is 0 Å². The molecule has 65 valence electrons. The Bertz CT molecular complexity index is 302. The Labute approximate surface area is 102 Å². The minimum Gasteiger partial charge on any atom is -0.506 e. The van der Waals surface area contributed by atoms with Crippen LogP contribution in [0.5, 0.6) is 5.75 Å². The fourth-order valence-corrected chi connectivity index (χ4v) is 1.28. The van der Waals surface area contributed by atoms with Crippen LogP contribution in [0, 0.1) is 6.07 Å².